The number of unbranched alkanes of at least 4 members (excludes halogenated alkanes) is 15. The second-order valence-corrected chi connectivity index (χ2v) is 8.21. The molecule has 0 aromatic carbocycles. The number of carbonyl (C=O) groups is 1. The van der Waals surface area contributed by atoms with E-state index in [-0.39, 0.29) is 12.5 Å². The van der Waals surface area contributed by atoms with Crippen LogP contribution in [0.4, 0.5) is 4.79 Å². The minimum Gasteiger partial charge on any atom is -0.448 e. The van der Waals surface area contributed by atoms with Crippen molar-refractivity contribution in [2.24, 2.45) is 5.92 Å². The van der Waals surface area contributed by atoms with Crippen LogP contribution >= 0.6 is 0 Å². The third-order valence-electron chi connectivity index (χ3n) is 5.35. The third-order valence-corrected chi connectivity index (χ3v) is 5.35. The van der Waals surface area contributed by atoms with Crippen LogP contribution in [0.15, 0.2) is 0 Å². The van der Waals surface area contributed by atoms with Crippen LogP contribution in [0.3, 0.4) is 0 Å². The summed E-state index contributed by atoms with van der Waals surface area (Å²) in [7, 11) is 1.78. The first-order chi connectivity index (χ1) is 14.2. The molecule has 29 heavy (non-hydrogen) atoms. The van der Waals surface area contributed by atoms with Gasteiger partial charge in [0, 0.05) is 13.1 Å². The molecule has 0 saturated carbocycles. The summed E-state index contributed by atoms with van der Waals surface area (Å²) in [6, 6.07) is 2.12. The second-order valence-electron chi connectivity index (χ2n) is 8.21. The SMILES string of the molecule is CCCCCCCCCCCCCCCCCCNC(=O)OCC(C#N)CNC. The van der Waals surface area contributed by atoms with Crippen molar-refractivity contribution >= 4 is 6.09 Å². The van der Waals surface area contributed by atoms with Gasteiger partial charge in [0.1, 0.15) is 6.61 Å². The Balaban J connectivity index is 3.22. The number of amides is 1. The van der Waals surface area contributed by atoms with Gasteiger partial charge in [-0.15, -0.1) is 0 Å². The van der Waals surface area contributed by atoms with E-state index in [1.54, 1.807) is 7.05 Å². The zero-order valence-electron chi connectivity index (χ0n) is 19.3. The lowest BCUT2D eigenvalue weighted by Gasteiger charge is -2.10. The molecule has 0 aliphatic carbocycles. The van der Waals surface area contributed by atoms with Crippen LogP contribution in [-0.2, 0) is 4.74 Å². The molecular formula is C24H47N3O2. The van der Waals surface area contributed by atoms with E-state index in [4.69, 9.17) is 10.00 Å². The Kier molecular flexibility index (Phi) is 22.0. The predicted octanol–water partition coefficient (Wildman–Crippen LogP) is 6.33. The molecule has 1 amide bonds. The number of alkyl carbamates (subject to hydrolysis) is 1. The lowest BCUT2D eigenvalue weighted by atomic mass is 10.0. The molecule has 170 valence electrons. The molecule has 0 rings (SSSR count). The predicted molar refractivity (Wildman–Crippen MR) is 122 cm³/mol. The van der Waals surface area contributed by atoms with Gasteiger partial charge >= 0.3 is 6.09 Å². The highest BCUT2D eigenvalue weighted by Crippen LogP contribution is 2.13. The van der Waals surface area contributed by atoms with Crippen molar-refractivity contribution < 1.29 is 9.53 Å². The standard InChI is InChI=1S/C24H47N3O2/c1-3-4-5-6-7-8-9-10-11-12-13-14-15-16-17-18-19-27-24(28)29-22-23(20-25)21-26-2/h23,26H,3-19,21-22H2,1-2H3,(H,27,28). The minimum absolute atomic E-state index is 0.141. The van der Waals surface area contributed by atoms with Crippen molar-refractivity contribution in [3.63, 3.8) is 0 Å². The molecule has 0 aliphatic rings. The van der Waals surface area contributed by atoms with Crippen LogP contribution in [0.1, 0.15) is 110 Å². The van der Waals surface area contributed by atoms with E-state index in [1.807, 2.05) is 0 Å². The number of nitrogens with one attached hydrogen (secondary N) is 2. The third kappa shape index (κ3) is 21.2. The van der Waals surface area contributed by atoms with Crippen molar-refractivity contribution in [2.75, 3.05) is 26.7 Å². The summed E-state index contributed by atoms with van der Waals surface area (Å²) < 4.78 is 5.06. The molecule has 1 unspecified atom stereocenters. The molecule has 0 aromatic rings. The zero-order valence-corrected chi connectivity index (χ0v) is 19.3. The molecule has 2 N–H and O–H groups in total. The minimum atomic E-state index is -0.415. The molecule has 0 saturated heterocycles. The molecule has 1 atom stereocenters. The van der Waals surface area contributed by atoms with E-state index >= 15 is 0 Å². The normalized spacial score (nSPS) is 11.8. The largest absolute Gasteiger partial charge is 0.448 e. The summed E-state index contributed by atoms with van der Waals surface area (Å²) in [5.41, 5.74) is 0. The number of hydrogen-bond donors (Lipinski definition) is 2. The van der Waals surface area contributed by atoms with E-state index in [9.17, 15) is 4.79 Å². The highest BCUT2D eigenvalue weighted by Gasteiger charge is 2.09. The summed E-state index contributed by atoms with van der Waals surface area (Å²) >= 11 is 0. The van der Waals surface area contributed by atoms with Crippen LogP contribution < -0.4 is 10.6 Å². The number of ether oxygens (including phenoxy) is 1. The van der Waals surface area contributed by atoms with E-state index in [1.165, 1.54) is 89.9 Å². The van der Waals surface area contributed by atoms with Crippen LogP contribution in [0.25, 0.3) is 0 Å². The first kappa shape index (κ1) is 27.7. The van der Waals surface area contributed by atoms with Gasteiger partial charge in [-0.2, -0.15) is 5.26 Å². The van der Waals surface area contributed by atoms with E-state index in [0.29, 0.717) is 13.1 Å². The fraction of sp³-hybridized carbons (Fsp3) is 0.917. The summed E-state index contributed by atoms with van der Waals surface area (Å²) in [4.78, 5) is 11.6. The Morgan fingerprint density at radius 3 is 1.69 bits per heavy atom. The van der Waals surface area contributed by atoms with Crippen LogP contribution in [0.5, 0.6) is 0 Å². The molecule has 5 heteroatoms. The number of nitrogens with zero attached hydrogens (tertiary/aromatic N) is 1. The smallest absolute Gasteiger partial charge is 0.407 e. The molecule has 0 bridgehead atoms. The van der Waals surface area contributed by atoms with Gasteiger partial charge in [0.15, 0.2) is 0 Å². The van der Waals surface area contributed by atoms with Crippen LogP contribution in [0, 0.1) is 17.2 Å². The highest BCUT2D eigenvalue weighted by atomic mass is 16.5. The first-order valence-corrected chi connectivity index (χ1v) is 12.2. The number of hydrogen-bond acceptors (Lipinski definition) is 4. The fourth-order valence-corrected chi connectivity index (χ4v) is 3.48. The Labute approximate surface area is 180 Å². The van der Waals surface area contributed by atoms with Crippen molar-refractivity contribution in [1.82, 2.24) is 10.6 Å². The summed E-state index contributed by atoms with van der Waals surface area (Å²) in [6.07, 6.45) is 21.1. The Morgan fingerprint density at radius 2 is 1.28 bits per heavy atom. The van der Waals surface area contributed by atoms with Crippen molar-refractivity contribution in [3.05, 3.63) is 0 Å². The van der Waals surface area contributed by atoms with Gasteiger partial charge in [-0.1, -0.05) is 103 Å². The van der Waals surface area contributed by atoms with Gasteiger partial charge < -0.3 is 15.4 Å². The Bertz CT molecular complexity index is 396. The topological polar surface area (TPSA) is 74.1 Å². The molecule has 0 aliphatic heterocycles. The number of carbonyl (C=O) groups excluding carboxylic acids is 1. The average Bonchev–Trinajstić information content (AvgIpc) is 2.73. The van der Waals surface area contributed by atoms with Gasteiger partial charge in [-0.05, 0) is 13.5 Å². The fourth-order valence-electron chi connectivity index (χ4n) is 3.48. The molecule has 0 heterocycles. The van der Waals surface area contributed by atoms with Crippen molar-refractivity contribution in [1.29, 1.82) is 5.26 Å². The first-order valence-electron chi connectivity index (χ1n) is 12.2. The quantitative estimate of drug-likeness (QED) is 0.217. The lowest BCUT2D eigenvalue weighted by molar-refractivity contribution is 0.135. The summed E-state index contributed by atoms with van der Waals surface area (Å²) in [5.74, 6) is -0.290. The monoisotopic (exact) mass is 409 g/mol. The number of rotatable bonds is 21. The van der Waals surface area contributed by atoms with Gasteiger partial charge in [0.05, 0.1) is 12.0 Å². The van der Waals surface area contributed by atoms with Gasteiger partial charge in [-0.3, -0.25) is 0 Å². The van der Waals surface area contributed by atoms with Gasteiger partial charge in [0.2, 0.25) is 0 Å². The molecule has 0 fully saturated rings. The maximum Gasteiger partial charge on any atom is 0.407 e. The molecular weight excluding hydrogens is 362 g/mol. The maximum atomic E-state index is 11.6. The van der Waals surface area contributed by atoms with E-state index in [2.05, 4.69) is 23.6 Å². The Morgan fingerprint density at radius 1 is 0.828 bits per heavy atom. The zero-order chi connectivity index (χ0) is 21.4. The molecule has 0 aromatic heterocycles. The second kappa shape index (κ2) is 23.0. The molecule has 0 radical (unpaired) electrons. The van der Waals surface area contributed by atoms with Gasteiger partial charge in [-0.25, -0.2) is 4.79 Å². The average molecular weight is 410 g/mol. The van der Waals surface area contributed by atoms with Crippen LogP contribution in [0.2, 0.25) is 0 Å². The summed E-state index contributed by atoms with van der Waals surface area (Å²) in [5, 5.41) is 14.6. The molecule has 0 spiro atoms. The maximum absolute atomic E-state index is 11.6. The summed E-state index contributed by atoms with van der Waals surface area (Å²) in [6.45, 7) is 3.60. The Hall–Kier alpha value is -1.28. The van der Waals surface area contributed by atoms with E-state index in [0.717, 1.165) is 12.8 Å². The molecule has 5 nitrogen and oxygen atoms in total. The van der Waals surface area contributed by atoms with E-state index < -0.39 is 6.09 Å². The van der Waals surface area contributed by atoms with Crippen molar-refractivity contribution in [2.45, 2.75) is 110 Å². The number of nitriles is 1. The van der Waals surface area contributed by atoms with Crippen molar-refractivity contribution in [3.8, 4) is 6.07 Å². The van der Waals surface area contributed by atoms with Crippen LogP contribution in [-0.4, -0.2) is 32.8 Å². The van der Waals surface area contributed by atoms with Gasteiger partial charge in [0.25, 0.3) is 0 Å². The lowest BCUT2D eigenvalue weighted by Crippen LogP contribution is -2.29. The highest BCUT2D eigenvalue weighted by molar-refractivity contribution is 5.67.